The highest BCUT2D eigenvalue weighted by Gasteiger charge is 2.49. The van der Waals surface area contributed by atoms with Gasteiger partial charge in [0.25, 0.3) is 5.91 Å². The maximum Gasteiger partial charge on any atom is 0.312 e. The van der Waals surface area contributed by atoms with Crippen molar-refractivity contribution in [3.63, 3.8) is 0 Å². The van der Waals surface area contributed by atoms with Crippen molar-refractivity contribution in [2.45, 2.75) is 24.9 Å². The fraction of sp³-hybridized carbons (Fsp3) is 0.526. The molecule has 2 saturated heterocycles. The predicted octanol–water partition coefficient (Wildman–Crippen LogP) is 0.310. The van der Waals surface area contributed by atoms with Gasteiger partial charge in [0.1, 0.15) is 11.4 Å². The molecule has 0 spiro atoms. The van der Waals surface area contributed by atoms with Gasteiger partial charge in [-0.15, -0.1) is 0 Å². The van der Waals surface area contributed by atoms with Crippen molar-refractivity contribution >= 4 is 17.8 Å². The van der Waals surface area contributed by atoms with Crippen LogP contribution in [0.2, 0.25) is 0 Å². The number of piperidine rings is 1. The molecule has 9 heteroatoms. The van der Waals surface area contributed by atoms with E-state index in [1.165, 1.54) is 18.2 Å². The average molecular weight is 392 g/mol. The summed E-state index contributed by atoms with van der Waals surface area (Å²) < 4.78 is 13.3. The summed E-state index contributed by atoms with van der Waals surface area (Å²) in [6, 6.07) is 4.95. The Bertz CT molecular complexity index is 758. The Kier molecular flexibility index (Phi) is 5.83. The molecule has 2 fully saturated rings. The van der Waals surface area contributed by atoms with Gasteiger partial charge < -0.3 is 26.0 Å². The minimum absolute atomic E-state index is 0.00291. The van der Waals surface area contributed by atoms with Crippen LogP contribution in [0.1, 0.15) is 29.6 Å². The van der Waals surface area contributed by atoms with Gasteiger partial charge in [-0.05, 0) is 37.0 Å². The molecule has 152 valence electrons. The molecule has 0 radical (unpaired) electrons. The van der Waals surface area contributed by atoms with E-state index in [1.807, 2.05) is 0 Å². The number of nitrogens with one attached hydrogen (secondary N) is 1. The van der Waals surface area contributed by atoms with Gasteiger partial charge in [0.15, 0.2) is 0 Å². The second-order valence-electron chi connectivity index (χ2n) is 7.47. The quantitative estimate of drug-likeness (QED) is 0.669. The molecule has 28 heavy (non-hydrogen) atoms. The summed E-state index contributed by atoms with van der Waals surface area (Å²) in [6.45, 7) is 1.65. The molecule has 4 N–H and O–H groups in total. The van der Waals surface area contributed by atoms with Crippen LogP contribution in [0.5, 0.6) is 0 Å². The number of hydrogen-bond donors (Lipinski definition) is 3. The van der Waals surface area contributed by atoms with Crippen molar-refractivity contribution in [2.24, 2.45) is 11.7 Å². The highest BCUT2D eigenvalue weighted by molar-refractivity contribution is 5.94. The van der Waals surface area contributed by atoms with E-state index in [0.717, 1.165) is 0 Å². The molecule has 2 heterocycles. The third-order valence-electron chi connectivity index (χ3n) is 5.53. The van der Waals surface area contributed by atoms with Gasteiger partial charge in [-0.25, -0.2) is 9.18 Å². The molecule has 0 aliphatic carbocycles. The number of aliphatic hydroxyl groups is 1. The number of carbonyl (C=O) groups is 3. The Morgan fingerprint density at radius 3 is 2.50 bits per heavy atom. The number of carbonyl (C=O) groups excluding carboxylic acids is 3. The molecule has 0 atom stereocenters. The normalized spacial score (nSPS) is 19.1. The van der Waals surface area contributed by atoms with E-state index in [0.29, 0.717) is 31.5 Å². The number of urea groups is 1. The number of likely N-dealkylation sites (tertiary alicyclic amines) is 2. The highest BCUT2D eigenvalue weighted by Crippen LogP contribution is 2.36. The Hall–Kier alpha value is -2.68. The number of benzene rings is 1. The first-order valence-corrected chi connectivity index (χ1v) is 9.37. The number of amides is 4. The summed E-state index contributed by atoms with van der Waals surface area (Å²) in [5.74, 6) is -0.799. The molecule has 0 saturated carbocycles. The monoisotopic (exact) mass is 392 g/mol. The zero-order chi connectivity index (χ0) is 20.3. The van der Waals surface area contributed by atoms with Crippen LogP contribution in [0.25, 0.3) is 0 Å². The number of hydrogen-bond acceptors (Lipinski definition) is 4. The summed E-state index contributed by atoms with van der Waals surface area (Å²) >= 11 is 0. The zero-order valence-electron chi connectivity index (χ0n) is 15.6. The molecule has 1 aromatic carbocycles. The first-order chi connectivity index (χ1) is 13.3. The van der Waals surface area contributed by atoms with Gasteiger partial charge in [0.05, 0.1) is 13.1 Å². The van der Waals surface area contributed by atoms with Crippen molar-refractivity contribution in [1.29, 1.82) is 0 Å². The van der Waals surface area contributed by atoms with E-state index in [4.69, 9.17) is 5.73 Å². The Labute approximate surface area is 162 Å². The molecule has 0 aromatic heterocycles. The predicted molar refractivity (Wildman–Crippen MR) is 98.8 cm³/mol. The SMILES string of the molecule is NC(=O)NCCC(=O)N1CC(O)(C2CCN(C(=O)c3cccc(F)c3)CC2)C1. The van der Waals surface area contributed by atoms with Crippen molar-refractivity contribution in [2.75, 3.05) is 32.7 Å². The van der Waals surface area contributed by atoms with Crippen LogP contribution < -0.4 is 11.1 Å². The largest absolute Gasteiger partial charge is 0.386 e. The summed E-state index contributed by atoms with van der Waals surface area (Å²) in [4.78, 5) is 38.4. The summed E-state index contributed by atoms with van der Waals surface area (Å²) in [5, 5.41) is 13.2. The van der Waals surface area contributed by atoms with E-state index in [-0.39, 0.29) is 43.8 Å². The van der Waals surface area contributed by atoms with Crippen LogP contribution in [0.15, 0.2) is 24.3 Å². The maximum atomic E-state index is 13.3. The molecule has 8 nitrogen and oxygen atoms in total. The number of β-amino-alcohol motifs (C(OH)–C–C–N with tert-alkyl or cyclic N) is 1. The maximum absolute atomic E-state index is 13.3. The average Bonchev–Trinajstić information content (AvgIpc) is 2.64. The number of primary amides is 1. The zero-order valence-corrected chi connectivity index (χ0v) is 15.6. The first kappa shape index (κ1) is 20.1. The molecule has 2 aliphatic heterocycles. The van der Waals surface area contributed by atoms with E-state index in [9.17, 15) is 23.9 Å². The summed E-state index contributed by atoms with van der Waals surface area (Å²) in [5.41, 5.74) is 4.34. The number of halogens is 1. The first-order valence-electron chi connectivity index (χ1n) is 9.37. The lowest BCUT2D eigenvalue weighted by Crippen LogP contribution is -2.68. The third kappa shape index (κ3) is 4.41. The van der Waals surface area contributed by atoms with Crippen LogP contribution >= 0.6 is 0 Å². The number of nitrogens with two attached hydrogens (primary N) is 1. The summed E-state index contributed by atoms with van der Waals surface area (Å²) in [6.07, 6.45) is 1.39. The second kappa shape index (κ2) is 8.14. The Balaban J connectivity index is 1.46. The van der Waals surface area contributed by atoms with Gasteiger partial charge in [-0.2, -0.15) is 0 Å². The molecular formula is C19H25FN4O4. The van der Waals surface area contributed by atoms with Crippen LogP contribution in [-0.4, -0.2) is 71.1 Å². The van der Waals surface area contributed by atoms with Gasteiger partial charge in [0.2, 0.25) is 5.91 Å². The highest BCUT2D eigenvalue weighted by atomic mass is 19.1. The lowest BCUT2D eigenvalue weighted by Gasteiger charge is -2.52. The molecule has 0 bridgehead atoms. The van der Waals surface area contributed by atoms with Gasteiger partial charge >= 0.3 is 6.03 Å². The van der Waals surface area contributed by atoms with Crippen LogP contribution in [-0.2, 0) is 4.79 Å². The van der Waals surface area contributed by atoms with Gasteiger partial charge in [0, 0.05) is 31.6 Å². The lowest BCUT2D eigenvalue weighted by atomic mass is 9.75. The van der Waals surface area contributed by atoms with Crippen molar-refractivity contribution in [3.05, 3.63) is 35.6 Å². The number of rotatable bonds is 5. The minimum Gasteiger partial charge on any atom is -0.386 e. The number of nitrogens with zero attached hydrogens (tertiary/aromatic N) is 2. The van der Waals surface area contributed by atoms with E-state index < -0.39 is 17.4 Å². The smallest absolute Gasteiger partial charge is 0.312 e. The van der Waals surface area contributed by atoms with Crippen LogP contribution in [0, 0.1) is 11.7 Å². The Morgan fingerprint density at radius 1 is 1.21 bits per heavy atom. The van der Waals surface area contributed by atoms with Crippen LogP contribution in [0.4, 0.5) is 9.18 Å². The van der Waals surface area contributed by atoms with Gasteiger partial charge in [-0.1, -0.05) is 6.07 Å². The third-order valence-corrected chi connectivity index (χ3v) is 5.53. The summed E-state index contributed by atoms with van der Waals surface area (Å²) in [7, 11) is 0. The van der Waals surface area contributed by atoms with E-state index in [2.05, 4.69) is 5.32 Å². The van der Waals surface area contributed by atoms with Crippen molar-refractivity contribution < 1.29 is 23.9 Å². The van der Waals surface area contributed by atoms with E-state index >= 15 is 0 Å². The molecule has 1 aromatic rings. The lowest BCUT2D eigenvalue weighted by molar-refractivity contribution is -0.170. The topological polar surface area (TPSA) is 116 Å². The fourth-order valence-corrected chi connectivity index (χ4v) is 3.92. The Morgan fingerprint density at radius 2 is 1.89 bits per heavy atom. The van der Waals surface area contributed by atoms with E-state index in [1.54, 1.807) is 15.9 Å². The second-order valence-corrected chi connectivity index (χ2v) is 7.47. The fourth-order valence-electron chi connectivity index (χ4n) is 3.92. The van der Waals surface area contributed by atoms with Crippen LogP contribution in [0.3, 0.4) is 0 Å². The van der Waals surface area contributed by atoms with Crippen molar-refractivity contribution in [3.8, 4) is 0 Å². The molecule has 4 amide bonds. The standard InChI is InChI=1S/C19H25FN4O4/c20-15-3-1-2-13(10-15)17(26)23-8-5-14(6-9-23)19(28)11-24(12-19)16(25)4-7-22-18(21)27/h1-3,10,14,28H,4-9,11-12H2,(H3,21,22,27). The molecular weight excluding hydrogens is 367 g/mol. The molecule has 3 rings (SSSR count). The van der Waals surface area contributed by atoms with Gasteiger partial charge in [-0.3, -0.25) is 9.59 Å². The molecule has 0 unspecified atom stereocenters. The minimum atomic E-state index is -0.944. The van der Waals surface area contributed by atoms with Crippen molar-refractivity contribution in [1.82, 2.24) is 15.1 Å². The molecule has 2 aliphatic rings.